The maximum absolute atomic E-state index is 13.8. The summed E-state index contributed by atoms with van der Waals surface area (Å²) in [7, 11) is 0. The zero-order valence-electron chi connectivity index (χ0n) is 19.1. The molecule has 0 unspecified atom stereocenters. The van der Waals surface area contributed by atoms with E-state index in [0.717, 1.165) is 22.9 Å². The number of carbonyl (C=O) groups excluding carboxylic acids is 3. The van der Waals surface area contributed by atoms with Gasteiger partial charge in [-0.25, -0.2) is 9.37 Å². The fourth-order valence-electron chi connectivity index (χ4n) is 3.69. The Bertz CT molecular complexity index is 1560. The maximum Gasteiger partial charge on any atom is 0.437 e. The van der Waals surface area contributed by atoms with E-state index in [-0.39, 0.29) is 34.3 Å². The topological polar surface area (TPSA) is 146 Å². The number of aromatic nitrogens is 3. The van der Waals surface area contributed by atoms with E-state index in [1.165, 1.54) is 37.3 Å². The van der Waals surface area contributed by atoms with E-state index in [1.54, 1.807) is 0 Å². The maximum atomic E-state index is 13.8. The first-order chi connectivity index (χ1) is 17.3. The lowest BCUT2D eigenvalue weighted by Gasteiger charge is -2.11. The first-order valence-electron chi connectivity index (χ1n) is 10.6. The first-order valence-corrected chi connectivity index (χ1v) is 10.6. The van der Waals surface area contributed by atoms with Crippen LogP contribution in [0.1, 0.15) is 48.2 Å². The van der Waals surface area contributed by atoms with Gasteiger partial charge in [0, 0.05) is 17.0 Å². The minimum absolute atomic E-state index is 0.0263. The van der Waals surface area contributed by atoms with Crippen molar-refractivity contribution in [1.82, 2.24) is 14.8 Å². The van der Waals surface area contributed by atoms with Crippen LogP contribution in [0.3, 0.4) is 0 Å². The number of benzene rings is 2. The van der Waals surface area contributed by atoms with Crippen LogP contribution in [0, 0.1) is 12.7 Å². The summed E-state index contributed by atoms with van der Waals surface area (Å²) in [4.78, 5) is 40.1. The standard InChI is InChI=1S/C24H18F4N6O3/c1-11-19(20(24(26,27)28)33-34(11)10-12-2-4-13(5-3-12)21(29)35)32-23(37)18-9-16(22(30)36)15-7-6-14(25)8-17(15)31-18/h2-9H,10H2,1H3,(H2,29,35)(H2,30,36)(H,32,37). The van der Waals surface area contributed by atoms with E-state index in [2.05, 4.69) is 15.4 Å². The molecule has 0 spiro atoms. The second kappa shape index (κ2) is 9.33. The van der Waals surface area contributed by atoms with Crippen LogP contribution < -0.4 is 16.8 Å². The number of halogens is 4. The van der Waals surface area contributed by atoms with Gasteiger partial charge in [-0.2, -0.15) is 18.3 Å². The summed E-state index contributed by atoms with van der Waals surface area (Å²) in [6, 6.07) is 10.2. The highest BCUT2D eigenvalue weighted by Gasteiger charge is 2.39. The summed E-state index contributed by atoms with van der Waals surface area (Å²) in [5.74, 6) is -3.38. The molecular formula is C24H18F4N6O3. The van der Waals surface area contributed by atoms with Crippen LogP contribution in [0.15, 0.2) is 48.5 Å². The van der Waals surface area contributed by atoms with E-state index in [0.29, 0.717) is 5.56 Å². The molecular weight excluding hydrogens is 496 g/mol. The highest BCUT2D eigenvalue weighted by Crippen LogP contribution is 2.36. The second-order valence-corrected chi connectivity index (χ2v) is 8.06. The highest BCUT2D eigenvalue weighted by atomic mass is 19.4. The van der Waals surface area contributed by atoms with E-state index in [4.69, 9.17) is 11.5 Å². The quantitative estimate of drug-likeness (QED) is 0.338. The van der Waals surface area contributed by atoms with Crippen molar-refractivity contribution in [3.05, 3.63) is 88.1 Å². The number of fused-ring (bicyclic) bond motifs is 1. The number of hydrogen-bond donors (Lipinski definition) is 3. The number of primary amides is 2. The van der Waals surface area contributed by atoms with Gasteiger partial charge in [0.05, 0.1) is 29.0 Å². The molecule has 0 radical (unpaired) electrons. The Morgan fingerprint density at radius 3 is 2.27 bits per heavy atom. The summed E-state index contributed by atoms with van der Waals surface area (Å²) in [5, 5.41) is 5.97. The third kappa shape index (κ3) is 5.10. The first kappa shape index (κ1) is 25.3. The van der Waals surface area contributed by atoms with Gasteiger partial charge in [-0.05, 0) is 42.8 Å². The Labute approximate surface area is 206 Å². The van der Waals surface area contributed by atoms with Crippen molar-refractivity contribution in [2.24, 2.45) is 11.5 Å². The summed E-state index contributed by atoms with van der Waals surface area (Å²) < 4.78 is 56.2. The number of pyridine rings is 1. The lowest BCUT2D eigenvalue weighted by atomic mass is 10.1. The average molecular weight is 514 g/mol. The number of anilines is 1. The fraction of sp³-hybridized carbons (Fsp3) is 0.125. The summed E-state index contributed by atoms with van der Waals surface area (Å²) in [6.45, 7) is 1.22. The molecule has 3 amide bonds. The van der Waals surface area contributed by atoms with Crippen molar-refractivity contribution in [2.75, 3.05) is 5.32 Å². The molecule has 0 fully saturated rings. The predicted molar refractivity (Wildman–Crippen MR) is 124 cm³/mol. The van der Waals surface area contributed by atoms with Gasteiger partial charge in [0.2, 0.25) is 11.8 Å². The van der Waals surface area contributed by atoms with Crippen LogP contribution in [0.25, 0.3) is 10.9 Å². The molecule has 0 aliphatic rings. The third-order valence-corrected chi connectivity index (χ3v) is 5.55. The molecule has 2 aromatic carbocycles. The minimum Gasteiger partial charge on any atom is -0.366 e. The van der Waals surface area contributed by atoms with Crippen LogP contribution in [-0.4, -0.2) is 32.5 Å². The smallest absolute Gasteiger partial charge is 0.366 e. The molecule has 4 aromatic rings. The Morgan fingerprint density at radius 2 is 1.68 bits per heavy atom. The number of nitrogens with one attached hydrogen (secondary N) is 1. The fourth-order valence-corrected chi connectivity index (χ4v) is 3.69. The molecule has 0 saturated carbocycles. The van der Waals surface area contributed by atoms with Gasteiger partial charge in [0.15, 0.2) is 5.69 Å². The largest absolute Gasteiger partial charge is 0.437 e. The van der Waals surface area contributed by atoms with Gasteiger partial charge >= 0.3 is 6.18 Å². The molecule has 190 valence electrons. The Balaban J connectivity index is 1.72. The van der Waals surface area contributed by atoms with Crippen molar-refractivity contribution in [3.63, 3.8) is 0 Å². The van der Waals surface area contributed by atoms with Crippen molar-refractivity contribution < 1.29 is 31.9 Å². The number of nitrogens with zero attached hydrogens (tertiary/aromatic N) is 3. The zero-order valence-corrected chi connectivity index (χ0v) is 19.1. The average Bonchev–Trinajstić information content (AvgIpc) is 3.13. The van der Waals surface area contributed by atoms with Crippen molar-refractivity contribution in [1.29, 1.82) is 0 Å². The Hall–Kier alpha value is -4.81. The molecule has 5 N–H and O–H groups in total. The zero-order chi connectivity index (χ0) is 27.1. The molecule has 0 saturated heterocycles. The number of rotatable bonds is 6. The highest BCUT2D eigenvalue weighted by molar-refractivity contribution is 6.10. The molecule has 2 heterocycles. The molecule has 2 aromatic heterocycles. The van der Waals surface area contributed by atoms with Crippen molar-refractivity contribution >= 4 is 34.3 Å². The molecule has 4 rings (SSSR count). The molecule has 9 nitrogen and oxygen atoms in total. The molecule has 0 bridgehead atoms. The summed E-state index contributed by atoms with van der Waals surface area (Å²) >= 11 is 0. The molecule has 0 aliphatic carbocycles. The molecule has 0 atom stereocenters. The summed E-state index contributed by atoms with van der Waals surface area (Å²) in [5.41, 5.74) is 8.63. The Morgan fingerprint density at radius 1 is 1.00 bits per heavy atom. The van der Waals surface area contributed by atoms with Crippen molar-refractivity contribution in [2.45, 2.75) is 19.6 Å². The third-order valence-electron chi connectivity index (χ3n) is 5.55. The van der Waals surface area contributed by atoms with Gasteiger partial charge in [0.1, 0.15) is 11.5 Å². The van der Waals surface area contributed by atoms with Gasteiger partial charge in [-0.3, -0.25) is 19.1 Å². The number of nitrogens with two attached hydrogens (primary N) is 2. The number of carbonyl (C=O) groups is 3. The van der Waals surface area contributed by atoms with E-state index < -0.39 is 46.8 Å². The van der Waals surface area contributed by atoms with Gasteiger partial charge in [0.25, 0.3) is 5.91 Å². The number of alkyl halides is 3. The predicted octanol–water partition coefficient (Wildman–Crippen LogP) is 3.40. The van der Waals surface area contributed by atoms with Crippen LogP contribution in [0.2, 0.25) is 0 Å². The van der Waals surface area contributed by atoms with Crippen LogP contribution in [-0.2, 0) is 12.7 Å². The SMILES string of the molecule is Cc1c(NC(=O)c2cc(C(N)=O)c3ccc(F)cc3n2)c(C(F)(F)F)nn1Cc1ccc(C(N)=O)cc1. The van der Waals surface area contributed by atoms with Crippen molar-refractivity contribution in [3.8, 4) is 0 Å². The monoisotopic (exact) mass is 514 g/mol. The molecule has 37 heavy (non-hydrogen) atoms. The second-order valence-electron chi connectivity index (χ2n) is 8.06. The van der Waals surface area contributed by atoms with Crippen LogP contribution in [0.5, 0.6) is 0 Å². The minimum atomic E-state index is -4.92. The van der Waals surface area contributed by atoms with Gasteiger partial charge < -0.3 is 16.8 Å². The van der Waals surface area contributed by atoms with Gasteiger partial charge in [-0.1, -0.05) is 12.1 Å². The number of amides is 3. The molecule has 13 heteroatoms. The lowest BCUT2D eigenvalue weighted by Crippen LogP contribution is -2.19. The number of hydrogen-bond acceptors (Lipinski definition) is 5. The van der Waals surface area contributed by atoms with Crippen LogP contribution >= 0.6 is 0 Å². The van der Waals surface area contributed by atoms with E-state index in [9.17, 15) is 31.9 Å². The van der Waals surface area contributed by atoms with E-state index in [1.807, 2.05) is 0 Å². The molecule has 0 aliphatic heterocycles. The normalized spacial score (nSPS) is 11.5. The summed E-state index contributed by atoms with van der Waals surface area (Å²) in [6.07, 6.45) is -4.92. The Kier molecular flexibility index (Phi) is 6.38. The van der Waals surface area contributed by atoms with Gasteiger partial charge in [-0.15, -0.1) is 0 Å². The van der Waals surface area contributed by atoms with Crippen LogP contribution in [0.4, 0.5) is 23.2 Å². The van der Waals surface area contributed by atoms with E-state index >= 15 is 0 Å². The lowest BCUT2D eigenvalue weighted by molar-refractivity contribution is -0.140.